The Morgan fingerprint density at radius 3 is 2.76 bits per heavy atom. The molecule has 0 spiro atoms. The molecule has 4 nitrogen and oxygen atoms in total. The third kappa shape index (κ3) is 2.37. The van der Waals surface area contributed by atoms with Crippen LogP contribution >= 0.6 is 0 Å². The maximum atomic E-state index is 11.2. The molecule has 1 N–H and O–H groups in total. The zero-order valence-electron chi connectivity index (χ0n) is 11.2. The first-order chi connectivity index (χ1) is 10.2. The first-order valence-electron chi connectivity index (χ1n) is 6.49. The lowest BCUT2D eigenvalue weighted by Crippen LogP contribution is -2.00. The van der Waals surface area contributed by atoms with Crippen molar-refractivity contribution in [2.75, 3.05) is 0 Å². The van der Waals surface area contributed by atoms with Gasteiger partial charge < -0.3 is 9.67 Å². The highest BCUT2D eigenvalue weighted by molar-refractivity contribution is 6.02. The molecule has 3 aromatic rings. The molecule has 0 aliphatic heterocycles. The van der Waals surface area contributed by atoms with Crippen LogP contribution in [0.25, 0.3) is 10.9 Å². The van der Waals surface area contributed by atoms with Crippen LogP contribution in [-0.4, -0.2) is 15.6 Å². The minimum absolute atomic E-state index is 0.303. The van der Waals surface area contributed by atoms with E-state index in [9.17, 15) is 9.90 Å². The molecule has 4 heteroatoms. The maximum Gasteiger partial charge on any atom is 0.336 e. The number of benzene rings is 2. The number of fused-ring (bicyclic) bond motifs is 1. The standard InChI is InChI=1S/C17H12N2O2/c18-10-12-3-1-4-13(9-12)11-19-8-7-14-15(17(20)21)5-2-6-16(14)19/h1-9H,11H2,(H,20,21). The molecule has 0 radical (unpaired) electrons. The lowest BCUT2D eigenvalue weighted by molar-refractivity contribution is 0.0699. The van der Waals surface area contributed by atoms with E-state index >= 15 is 0 Å². The first-order valence-corrected chi connectivity index (χ1v) is 6.49. The van der Waals surface area contributed by atoms with E-state index in [1.54, 1.807) is 18.2 Å². The number of nitriles is 1. The van der Waals surface area contributed by atoms with Crippen molar-refractivity contribution in [2.45, 2.75) is 6.54 Å². The van der Waals surface area contributed by atoms with E-state index in [0.717, 1.165) is 16.5 Å². The Bertz CT molecular complexity index is 872. The van der Waals surface area contributed by atoms with Crippen LogP contribution in [0.4, 0.5) is 0 Å². The third-order valence-corrected chi connectivity index (χ3v) is 3.45. The summed E-state index contributed by atoms with van der Waals surface area (Å²) in [5, 5.41) is 18.9. The van der Waals surface area contributed by atoms with Crippen molar-refractivity contribution in [2.24, 2.45) is 0 Å². The number of nitrogens with zero attached hydrogens (tertiary/aromatic N) is 2. The van der Waals surface area contributed by atoms with Crippen LogP contribution in [0.15, 0.2) is 54.7 Å². The summed E-state index contributed by atoms with van der Waals surface area (Å²) in [6.07, 6.45) is 1.87. The van der Waals surface area contributed by atoms with E-state index in [2.05, 4.69) is 6.07 Å². The molecule has 0 aliphatic carbocycles. The van der Waals surface area contributed by atoms with Gasteiger partial charge >= 0.3 is 5.97 Å². The molecule has 3 rings (SSSR count). The molecule has 0 amide bonds. The number of hydrogen-bond donors (Lipinski definition) is 1. The summed E-state index contributed by atoms with van der Waals surface area (Å²) in [5.74, 6) is -0.926. The van der Waals surface area contributed by atoms with Crippen LogP contribution in [0.5, 0.6) is 0 Å². The van der Waals surface area contributed by atoms with Gasteiger partial charge in [0.25, 0.3) is 0 Å². The number of rotatable bonds is 3. The molecule has 0 fully saturated rings. The topological polar surface area (TPSA) is 66.0 Å². The summed E-state index contributed by atoms with van der Waals surface area (Å²) in [4.78, 5) is 11.2. The average molecular weight is 276 g/mol. The highest BCUT2D eigenvalue weighted by Crippen LogP contribution is 2.21. The summed E-state index contributed by atoms with van der Waals surface area (Å²) in [6, 6.07) is 16.6. The monoisotopic (exact) mass is 276 g/mol. The van der Waals surface area contributed by atoms with E-state index in [4.69, 9.17) is 5.26 Å². The highest BCUT2D eigenvalue weighted by Gasteiger charge is 2.10. The van der Waals surface area contributed by atoms with Crippen LogP contribution in [0.2, 0.25) is 0 Å². The van der Waals surface area contributed by atoms with Crippen LogP contribution in [0.1, 0.15) is 21.5 Å². The van der Waals surface area contributed by atoms with Gasteiger partial charge in [0.05, 0.1) is 17.2 Å². The van der Waals surface area contributed by atoms with Gasteiger partial charge in [-0.3, -0.25) is 0 Å². The summed E-state index contributed by atoms with van der Waals surface area (Å²) in [5.41, 5.74) is 2.80. The fraction of sp³-hybridized carbons (Fsp3) is 0.0588. The molecule has 0 saturated heterocycles. The SMILES string of the molecule is N#Cc1cccc(Cn2ccc3c(C(=O)O)cccc32)c1. The molecule has 0 saturated carbocycles. The Hall–Kier alpha value is -3.06. The van der Waals surface area contributed by atoms with Gasteiger partial charge in [0, 0.05) is 23.6 Å². The predicted molar refractivity (Wildman–Crippen MR) is 79.2 cm³/mol. The predicted octanol–water partition coefficient (Wildman–Crippen LogP) is 3.26. The van der Waals surface area contributed by atoms with Crippen LogP contribution in [0, 0.1) is 11.3 Å². The fourth-order valence-corrected chi connectivity index (χ4v) is 2.48. The van der Waals surface area contributed by atoms with Crippen molar-refractivity contribution in [1.29, 1.82) is 5.26 Å². The number of aromatic nitrogens is 1. The van der Waals surface area contributed by atoms with Crippen molar-refractivity contribution in [3.8, 4) is 6.07 Å². The van der Waals surface area contributed by atoms with E-state index < -0.39 is 5.97 Å². The normalized spacial score (nSPS) is 10.4. The Labute approximate surface area is 121 Å². The van der Waals surface area contributed by atoms with Gasteiger partial charge in [-0.1, -0.05) is 18.2 Å². The molecule has 0 aliphatic rings. The quantitative estimate of drug-likeness (QED) is 0.798. The van der Waals surface area contributed by atoms with Gasteiger partial charge in [-0.15, -0.1) is 0 Å². The lowest BCUT2D eigenvalue weighted by Gasteiger charge is -2.06. The molecule has 1 heterocycles. The zero-order valence-corrected chi connectivity index (χ0v) is 11.2. The van der Waals surface area contributed by atoms with Gasteiger partial charge in [0.1, 0.15) is 0 Å². The highest BCUT2D eigenvalue weighted by atomic mass is 16.4. The first kappa shape index (κ1) is 12.9. The maximum absolute atomic E-state index is 11.2. The smallest absolute Gasteiger partial charge is 0.336 e. The lowest BCUT2D eigenvalue weighted by atomic mass is 10.1. The largest absolute Gasteiger partial charge is 0.478 e. The van der Waals surface area contributed by atoms with Gasteiger partial charge in [0.15, 0.2) is 0 Å². The van der Waals surface area contributed by atoms with E-state index in [-0.39, 0.29) is 0 Å². The Kier molecular flexibility index (Phi) is 3.17. The van der Waals surface area contributed by atoms with Crippen molar-refractivity contribution in [1.82, 2.24) is 4.57 Å². The summed E-state index contributed by atoms with van der Waals surface area (Å²) >= 11 is 0. The molecule has 0 atom stereocenters. The van der Waals surface area contributed by atoms with Gasteiger partial charge in [-0.2, -0.15) is 5.26 Å². The van der Waals surface area contributed by atoms with E-state index in [1.165, 1.54) is 0 Å². The van der Waals surface area contributed by atoms with Crippen molar-refractivity contribution in [3.63, 3.8) is 0 Å². The number of carboxylic acids is 1. The molecular formula is C17H12N2O2. The zero-order chi connectivity index (χ0) is 14.8. The van der Waals surface area contributed by atoms with Crippen LogP contribution in [0.3, 0.4) is 0 Å². The molecule has 21 heavy (non-hydrogen) atoms. The number of carbonyl (C=O) groups is 1. The van der Waals surface area contributed by atoms with Gasteiger partial charge in [-0.05, 0) is 35.9 Å². The fourth-order valence-electron chi connectivity index (χ4n) is 2.48. The second-order valence-electron chi connectivity index (χ2n) is 4.80. The van der Waals surface area contributed by atoms with Crippen molar-refractivity contribution in [3.05, 3.63) is 71.4 Å². The van der Waals surface area contributed by atoms with Gasteiger partial charge in [0.2, 0.25) is 0 Å². The third-order valence-electron chi connectivity index (χ3n) is 3.45. The molecular weight excluding hydrogens is 264 g/mol. The Morgan fingerprint density at radius 2 is 2.00 bits per heavy atom. The molecule has 0 bridgehead atoms. The minimum Gasteiger partial charge on any atom is -0.478 e. The Morgan fingerprint density at radius 1 is 1.19 bits per heavy atom. The van der Waals surface area contributed by atoms with Crippen LogP contribution in [-0.2, 0) is 6.54 Å². The number of carboxylic acid groups (broad SMARTS) is 1. The van der Waals surface area contributed by atoms with Crippen LogP contribution < -0.4 is 0 Å². The minimum atomic E-state index is -0.926. The Balaban J connectivity index is 2.04. The second kappa shape index (κ2) is 5.14. The van der Waals surface area contributed by atoms with E-state index in [1.807, 2.05) is 41.1 Å². The number of hydrogen-bond acceptors (Lipinski definition) is 2. The van der Waals surface area contributed by atoms with Crippen molar-refractivity contribution >= 4 is 16.9 Å². The second-order valence-corrected chi connectivity index (χ2v) is 4.80. The summed E-state index contributed by atoms with van der Waals surface area (Å²) < 4.78 is 1.98. The molecule has 0 unspecified atom stereocenters. The van der Waals surface area contributed by atoms with Crippen molar-refractivity contribution < 1.29 is 9.90 Å². The number of aromatic carboxylic acids is 1. The molecule has 102 valence electrons. The van der Waals surface area contributed by atoms with E-state index in [0.29, 0.717) is 17.7 Å². The summed E-state index contributed by atoms with van der Waals surface area (Å²) in [7, 11) is 0. The van der Waals surface area contributed by atoms with Gasteiger partial charge in [-0.25, -0.2) is 4.79 Å². The summed E-state index contributed by atoms with van der Waals surface area (Å²) in [6.45, 7) is 0.599. The average Bonchev–Trinajstić information content (AvgIpc) is 2.90. The molecule has 2 aromatic carbocycles. The molecule has 1 aromatic heterocycles.